The lowest BCUT2D eigenvalue weighted by atomic mass is 9.89. The lowest BCUT2D eigenvalue weighted by molar-refractivity contribution is -0.121. The van der Waals surface area contributed by atoms with Crippen molar-refractivity contribution >= 4 is 27.9 Å². The molecular weight excluding hydrogens is 384 g/mol. The van der Waals surface area contributed by atoms with Gasteiger partial charge in [-0.05, 0) is 58.2 Å². The molecule has 138 valence electrons. The van der Waals surface area contributed by atoms with Crippen molar-refractivity contribution in [2.24, 2.45) is 0 Å². The fourth-order valence-corrected chi connectivity index (χ4v) is 3.20. The van der Waals surface area contributed by atoms with Gasteiger partial charge in [0, 0.05) is 28.9 Å². The minimum Gasteiger partial charge on any atom is -0.444 e. The van der Waals surface area contributed by atoms with Crippen LogP contribution in [0.4, 0.5) is 4.79 Å². The Bertz CT molecular complexity index is 619. The lowest BCUT2D eigenvalue weighted by Gasteiger charge is -2.25. The van der Waals surface area contributed by atoms with E-state index in [4.69, 9.17) is 4.74 Å². The van der Waals surface area contributed by atoms with Gasteiger partial charge >= 0.3 is 6.09 Å². The lowest BCUT2D eigenvalue weighted by Crippen LogP contribution is -2.42. The fourth-order valence-electron chi connectivity index (χ4n) is 2.93. The largest absolute Gasteiger partial charge is 0.444 e. The molecule has 1 aliphatic carbocycles. The van der Waals surface area contributed by atoms with Gasteiger partial charge in [-0.25, -0.2) is 4.79 Å². The van der Waals surface area contributed by atoms with Crippen molar-refractivity contribution in [3.63, 3.8) is 0 Å². The summed E-state index contributed by atoms with van der Waals surface area (Å²) >= 11 is 3.45. The summed E-state index contributed by atoms with van der Waals surface area (Å²) in [5.41, 5.74) is 0.758. The third-order valence-corrected chi connectivity index (χ3v) is 4.96. The number of hydrogen-bond donors (Lipinski definition) is 2. The molecule has 2 rings (SSSR count). The molecule has 1 unspecified atom stereocenters. The van der Waals surface area contributed by atoms with Crippen molar-refractivity contribution in [1.82, 2.24) is 10.6 Å². The summed E-state index contributed by atoms with van der Waals surface area (Å²) < 4.78 is 6.20. The highest BCUT2D eigenvalue weighted by molar-refractivity contribution is 9.10. The van der Waals surface area contributed by atoms with Crippen LogP contribution in [0.1, 0.15) is 52.5 Å². The van der Waals surface area contributed by atoms with Crippen molar-refractivity contribution in [3.05, 3.63) is 34.3 Å². The number of alkyl carbamates (subject to hydrolysis) is 1. The average Bonchev–Trinajstić information content (AvgIpc) is 3.27. The molecule has 0 saturated heterocycles. The second-order valence-corrected chi connectivity index (χ2v) is 8.55. The topological polar surface area (TPSA) is 67.4 Å². The molecule has 0 heterocycles. The van der Waals surface area contributed by atoms with Crippen LogP contribution in [-0.4, -0.2) is 30.2 Å². The molecule has 1 saturated carbocycles. The molecule has 0 aliphatic heterocycles. The number of carbonyl (C=O) groups excluding carboxylic acids is 2. The van der Waals surface area contributed by atoms with Gasteiger partial charge in [0.1, 0.15) is 5.60 Å². The van der Waals surface area contributed by atoms with Crippen molar-refractivity contribution in [1.29, 1.82) is 0 Å². The summed E-state index contributed by atoms with van der Waals surface area (Å²) in [6.07, 6.45) is 1.89. The van der Waals surface area contributed by atoms with Crippen molar-refractivity contribution < 1.29 is 14.3 Å². The first kappa shape index (κ1) is 19.8. The summed E-state index contributed by atoms with van der Waals surface area (Å²) in [4.78, 5) is 23.7. The molecule has 0 spiro atoms. The first-order chi connectivity index (χ1) is 11.6. The van der Waals surface area contributed by atoms with E-state index in [2.05, 4.69) is 38.7 Å². The van der Waals surface area contributed by atoms with Gasteiger partial charge < -0.3 is 15.4 Å². The Balaban J connectivity index is 1.79. The Morgan fingerprint density at radius 3 is 2.36 bits per heavy atom. The van der Waals surface area contributed by atoms with Gasteiger partial charge in [-0.15, -0.1) is 0 Å². The van der Waals surface area contributed by atoms with Crippen molar-refractivity contribution in [2.45, 2.75) is 64.0 Å². The van der Waals surface area contributed by atoms with E-state index in [0.717, 1.165) is 17.3 Å². The number of hydrogen-bond acceptors (Lipinski definition) is 3. The third kappa shape index (κ3) is 5.73. The molecule has 2 amide bonds. The Morgan fingerprint density at radius 1 is 1.24 bits per heavy atom. The van der Waals surface area contributed by atoms with Crippen LogP contribution in [0.2, 0.25) is 0 Å². The van der Waals surface area contributed by atoms with Crippen LogP contribution in [0, 0.1) is 0 Å². The molecule has 1 aromatic carbocycles. The fraction of sp³-hybridized carbons (Fsp3) is 0.579. The molecular formula is C19H27BrN2O3. The van der Waals surface area contributed by atoms with E-state index in [1.807, 2.05) is 19.1 Å². The minimum absolute atomic E-state index is 0.0367. The maximum absolute atomic E-state index is 12.2. The number of halogens is 1. The van der Waals surface area contributed by atoms with E-state index >= 15 is 0 Å². The molecule has 1 aliphatic rings. The van der Waals surface area contributed by atoms with Gasteiger partial charge in [0.2, 0.25) is 5.91 Å². The first-order valence-corrected chi connectivity index (χ1v) is 9.44. The normalized spacial score (nSPS) is 16.7. The van der Waals surface area contributed by atoms with Crippen molar-refractivity contribution in [2.75, 3.05) is 6.54 Å². The maximum atomic E-state index is 12.2. The van der Waals surface area contributed by atoms with Crippen LogP contribution in [-0.2, 0) is 14.9 Å². The van der Waals surface area contributed by atoms with E-state index in [0.29, 0.717) is 0 Å². The van der Waals surface area contributed by atoms with Gasteiger partial charge in [-0.3, -0.25) is 4.79 Å². The van der Waals surface area contributed by atoms with Crippen molar-refractivity contribution in [3.8, 4) is 0 Å². The SMILES string of the molecule is CC(NC(=O)CCNC(=O)OC(C)(C)C)C1(c2ccc(Br)cc2)CC1. The van der Waals surface area contributed by atoms with Gasteiger partial charge in [0.05, 0.1) is 0 Å². The molecule has 2 N–H and O–H groups in total. The standard InChI is InChI=1S/C19H27BrN2O3/c1-13(19(10-11-19)14-5-7-15(20)8-6-14)22-16(23)9-12-21-17(24)25-18(2,3)4/h5-8,13H,9-12H2,1-4H3,(H,21,24)(H,22,23). The molecule has 25 heavy (non-hydrogen) atoms. The number of amides is 2. The Morgan fingerprint density at radius 2 is 1.84 bits per heavy atom. The monoisotopic (exact) mass is 410 g/mol. The van der Waals surface area contributed by atoms with E-state index in [1.54, 1.807) is 20.8 Å². The Labute approximate surface area is 158 Å². The number of nitrogens with one attached hydrogen (secondary N) is 2. The summed E-state index contributed by atoms with van der Waals surface area (Å²) in [6.45, 7) is 7.72. The van der Waals surface area contributed by atoms with Crippen LogP contribution in [0.3, 0.4) is 0 Å². The highest BCUT2D eigenvalue weighted by atomic mass is 79.9. The zero-order valence-electron chi connectivity index (χ0n) is 15.3. The molecule has 0 bridgehead atoms. The molecule has 6 heteroatoms. The van der Waals surface area contributed by atoms with Gasteiger partial charge in [-0.1, -0.05) is 28.1 Å². The molecule has 1 atom stereocenters. The average molecular weight is 411 g/mol. The quantitative estimate of drug-likeness (QED) is 0.746. The maximum Gasteiger partial charge on any atom is 0.407 e. The molecule has 0 radical (unpaired) electrons. The Hall–Kier alpha value is -1.56. The van der Waals surface area contributed by atoms with Crippen LogP contribution in [0.25, 0.3) is 0 Å². The predicted molar refractivity (Wildman–Crippen MR) is 102 cm³/mol. The highest BCUT2D eigenvalue weighted by Gasteiger charge is 2.49. The minimum atomic E-state index is -0.538. The van der Waals surface area contributed by atoms with Crippen LogP contribution in [0.15, 0.2) is 28.7 Å². The second kappa shape index (κ2) is 7.77. The molecule has 1 aromatic rings. The zero-order chi connectivity index (χ0) is 18.7. The summed E-state index contributed by atoms with van der Waals surface area (Å²) in [5, 5.41) is 5.68. The second-order valence-electron chi connectivity index (χ2n) is 7.63. The van der Waals surface area contributed by atoms with Crippen LogP contribution >= 0.6 is 15.9 Å². The summed E-state index contributed by atoms with van der Waals surface area (Å²) in [5.74, 6) is -0.0630. The number of benzene rings is 1. The highest BCUT2D eigenvalue weighted by Crippen LogP contribution is 2.51. The molecule has 1 fully saturated rings. The smallest absolute Gasteiger partial charge is 0.407 e. The van der Waals surface area contributed by atoms with Crippen LogP contribution in [0.5, 0.6) is 0 Å². The summed E-state index contributed by atoms with van der Waals surface area (Å²) in [7, 11) is 0. The van der Waals surface area contributed by atoms with E-state index in [9.17, 15) is 9.59 Å². The first-order valence-electron chi connectivity index (χ1n) is 8.65. The van der Waals surface area contributed by atoms with Gasteiger partial charge in [-0.2, -0.15) is 0 Å². The molecule has 5 nitrogen and oxygen atoms in total. The van der Waals surface area contributed by atoms with Crippen LogP contribution < -0.4 is 10.6 Å². The Kier molecular flexibility index (Phi) is 6.14. The van der Waals surface area contributed by atoms with E-state index in [-0.39, 0.29) is 30.3 Å². The van der Waals surface area contributed by atoms with Gasteiger partial charge in [0.15, 0.2) is 0 Å². The number of carbonyl (C=O) groups is 2. The summed E-state index contributed by atoms with van der Waals surface area (Å²) in [6, 6.07) is 8.36. The van der Waals surface area contributed by atoms with E-state index in [1.165, 1.54) is 5.56 Å². The van der Waals surface area contributed by atoms with Gasteiger partial charge in [0.25, 0.3) is 0 Å². The zero-order valence-corrected chi connectivity index (χ0v) is 16.9. The number of rotatable bonds is 6. The molecule has 0 aromatic heterocycles. The third-order valence-electron chi connectivity index (χ3n) is 4.43. The number of ether oxygens (including phenoxy) is 1. The predicted octanol–water partition coefficient (Wildman–Crippen LogP) is 3.90. The van der Waals surface area contributed by atoms with E-state index < -0.39 is 11.7 Å².